The molecule has 10 heteroatoms. The third-order valence-electron chi connectivity index (χ3n) is 5.08. The van der Waals surface area contributed by atoms with Crippen molar-refractivity contribution in [2.24, 2.45) is 5.92 Å². The number of rotatable bonds is 6. The molecule has 4 rings (SSSR count). The molecule has 154 valence electrons. The zero-order chi connectivity index (χ0) is 20.4. The van der Waals surface area contributed by atoms with Gasteiger partial charge in [-0.25, -0.2) is 4.98 Å². The lowest BCUT2D eigenvalue weighted by Crippen LogP contribution is -2.34. The van der Waals surface area contributed by atoms with Crippen LogP contribution >= 0.6 is 23.1 Å². The number of benzene rings is 1. The lowest BCUT2D eigenvalue weighted by molar-refractivity contribution is -0.123. The summed E-state index contributed by atoms with van der Waals surface area (Å²) < 4.78 is 1.71. The van der Waals surface area contributed by atoms with Crippen LogP contribution in [0.2, 0.25) is 0 Å². The molecule has 2 fully saturated rings. The van der Waals surface area contributed by atoms with Gasteiger partial charge >= 0.3 is 0 Å². The number of anilines is 1. The van der Waals surface area contributed by atoms with E-state index in [-0.39, 0.29) is 48.0 Å². The highest BCUT2D eigenvalue weighted by Crippen LogP contribution is 2.31. The SMILES string of the molecule is O=C1CC(C(=O)Nc2ccc3nc(SCC(=O)NC4CCC(O)C4)sc3c2)CN1. The summed E-state index contributed by atoms with van der Waals surface area (Å²) in [6.45, 7) is 0.371. The number of nitrogens with one attached hydrogen (secondary N) is 3. The lowest BCUT2D eigenvalue weighted by Gasteiger charge is -2.11. The number of thioether (sulfide) groups is 1. The van der Waals surface area contributed by atoms with Gasteiger partial charge in [-0.3, -0.25) is 14.4 Å². The molecule has 2 aliphatic rings. The molecule has 0 radical (unpaired) electrons. The number of hydrogen-bond acceptors (Lipinski definition) is 7. The average molecular weight is 435 g/mol. The molecule has 1 aromatic carbocycles. The third kappa shape index (κ3) is 5.06. The van der Waals surface area contributed by atoms with E-state index >= 15 is 0 Å². The molecule has 3 atom stereocenters. The number of aliphatic hydroxyl groups is 1. The fourth-order valence-electron chi connectivity index (χ4n) is 3.56. The fraction of sp³-hybridized carbons (Fsp3) is 0.474. The van der Waals surface area contributed by atoms with Gasteiger partial charge in [0.25, 0.3) is 0 Å². The smallest absolute Gasteiger partial charge is 0.230 e. The minimum atomic E-state index is -0.342. The number of nitrogens with zero attached hydrogens (tertiary/aromatic N) is 1. The van der Waals surface area contributed by atoms with Crippen molar-refractivity contribution < 1.29 is 19.5 Å². The third-order valence-corrected chi connectivity index (χ3v) is 7.24. The first-order chi connectivity index (χ1) is 14.0. The van der Waals surface area contributed by atoms with Gasteiger partial charge in [0.2, 0.25) is 17.7 Å². The quantitative estimate of drug-likeness (QED) is 0.512. The highest BCUT2D eigenvalue weighted by molar-refractivity contribution is 8.01. The van der Waals surface area contributed by atoms with Gasteiger partial charge in [-0.15, -0.1) is 11.3 Å². The van der Waals surface area contributed by atoms with Crippen molar-refractivity contribution in [3.8, 4) is 0 Å². The summed E-state index contributed by atoms with van der Waals surface area (Å²) in [5.74, 6) is -0.390. The first-order valence-corrected chi connectivity index (χ1v) is 11.3. The molecule has 8 nitrogen and oxygen atoms in total. The second-order valence-corrected chi connectivity index (χ2v) is 9.63. The molecule has 1 aliphatic heterocycles. The van der Waals surface area contributed by atoms with E-state index < -0.39 is 0 Å². The van der Waals surface area contributed by atoms with Crippen LogP contribution in [0.4, 0.5) is 5.69 Å². The summed E-state index contributed by atoms with van der Waals surface area (Å²) in [5, 5.41) is 18.0. The minimum Gasteiger partial charge on any atom is -0.393 e. The van der Waals surface area contributed by atoms with Crippen LogP contribution in [-0.4, -0.2) is 52.3 Å². The second-order valence-electron chi connectivity index (χ2n) is 7.38. The van der Waals surface area contributed by atoms with E-state index in [0.29, 0.717) is 18.7 Å². The molecule has 4 N–H and O–H groups in total. The molecule has 0 spiro atoms. The number of thiazole rings is 1. The molecular formula is C19H22N4O4S2. The van der Waals surface area contributed by atoms with Crippen LogP contribution in [-0.2, 0) is 14.4 Å². The molecule has 1 aliphatic carbocycles. The highest BCUT2D eigenvalue weighted by Gasteiger charge is 2.28. The van der Waals surface area contributed by atoms with Crippen LogP contribution in [0.5, 0.6) is 0 Å². The van der Waals surface area contributed by atoms with E-state index in [0.717, 1.165) is 27.4 Å². The summed E-state index contributed by atoms with van der Waals surface area (Å²) in [6, 6.07) is 5.55. The zero-order valence-corrected chi connectivity index (χ0v) is 17.3. The Kier molecular flexibility index (Phi) is 6.02. The molecule has 3 unspecified atom stereocenters. The van der Waals surface area contributed by atoms with Crippen molar-refractivity contribution >= 4 is 56.7 Å². The Bertz CT molecular complexity index is 947. The largest absolute Gasteiger partial charge is 0.393 e. The predicted octanol–water partition coefficient (Wildman–Crippen LogP) is 1.49. The predicted molar refractivity (Wildman–Crippen MR) is 112 cm³/mol. The van der Waals surface area contributed by atoms with Gasteiger partial charge in [-0.2, -0.15) is 0 Å². The summed E-state index contributed by atoms with van der Waals surface area (Å²) in [6.07, 6.45) is 2.09. The van der Waals surface area contributed by atoms with Crippen molar-refractivity contribution in [3.05, 3.63) is 18.2 Å². The molecule has 29 heavy (non-hydrogen) atoms. The normalized spacial score (nSPS) is 23.9. The van der Waals surface area contributed by atoms with E-state index in [4.69, 9.17) is 0 Å². The van der Waals surface area contributed by atoms with E-state index in [1.807, 2.05) is 12.1 Å². The van der Waals surface area contributed by atoms with Crippen LogP contribution in [0.1, 0.15) is 25.7 Å². The zero-order valence-electron chi connectivity index (χ0n) is 15.6. The lowest BCUT2D eigenvalue weighted by atomic mass is 10.1. The summed E-state index contributed by atoms with van der Waals surface area (Å²) in [7, 11) is 0. The average Bonchev–Trinajstić information content (AvgIpc) is 3.39. The Hall–Kier alpha value is -2.17. The van der Waals surface area contributed by atoms with E-state index in [1.54, 1.807) is 6.07 Å². The Labute approximate surface area is 175 Å². The van der Waals surface area contributed by atoms with Crippen LogP contribution in [0.25, 0.3) is 10.2 Å². The van der Waals surface area contributed by atoms with E-state index in [2.05, 4.69) is 20.9 Å². The maximum absolute atomic E-state index is 12.3. The summed E-state index contributed by atoms with van der Waals surface area (Å²) >= 11 is 2.85. The Morgan fingerprint density at radius 1 is 1.34 bits per heavy atom. The number of amides is 3. The molecular weight excluding hydrogens is 412 g/mol. The Morgan fingerprint density at radius 2 is 2.21 bits per heavy atom. The number of carbonyl (C=O) groups is 3. The highest BCUT2D eigenvalue weighted by atomic mass is 32.2. The van der Waals surface area contributed by atoms with E-state index in [9.17, 15) is 19.5 Å². The van der Waals surface area contributed by atoms with Gasteiger partial charge < -0.3 is 21.1 Å². The van der Waals surface area contributed by atoms with Crippen LogP contribution in [0, 0.1) is 5.92 Å². The van der Waals surface area contributed by atoms with Crippen LogP contribution in [0.15, 0.2) is 22.5 Å². The van der Waals surface area contributed by atoms with Crippen molar-refractivity contribution in [1.82, 2.24) is 15.6 Å². The fourth-order valence-corrected chi connectivity index (χ4v) is 5.48. The molecule has 3 amide bonds. The molecule has 0 bridgehead atoms. The van der Waals surface area contributed by atoms with Gasteiger partial charge in [0.1, 0.15) is 0 Å². The van der Waals surface area contributed by atoms with Gasteiger partial charge in [-0.1, -0.05) is 11.8 Å². The van der Waals surface area contributed by atoms with Gasteiger partial charge in [0.05, 0.1) is 28.0 Å². The van der Waals surface area contributed by atoms with Crippen molar-refractivity contribution in [2.45, 2.75) is 42.2 Å². The van der Waals surface area contributed by atoms with Crippen LogP contribution < -0.4 is 16.0 Å². The summed E-state index contributed by atoms with van der Waals surface area (Å²) in [4.78, 5) is 40.2. The van der Waals surface area contributed by atoms with Crippen molar-refractivity contribution in [2.75, 3.05) is 17.6 Å². The van der Waals surface area contributed by atoms with Crippen molar-refractivity contribution in [1.29, 1.82) is 0 Å². The molecule has 1 saturated carbocycles. The van der Waals surface area contributed by atoms with Gasteiger partial charge in [-0.05, 0) is 37.5 Å². The number of hydrogen-bond donors (Lipinski definition) is 4. The van der Waals surface area contributed by atoms with Gasteiger partial charge in [0.15, 0.2) is 4.34 Å². The molecule has 1 saturated heterocycles. The number of aromatic nitrogens is 1. The maximum atomic E-state index is 12.3. The molecule has 2 aromatic rings. The first-order valence-electron chi connectivity index (χ1n) is 9.54. The van der Waals surface area contributed by atoms with E-state index in [1.165, 1.54) is 23.1 Å². The first kappa shape index (κ1) is 20.1. The topological polar surface area (TPSA) is 120 Å². The summed E-state index contributed by atoms with van der Waals surface area (Å²) in [5.41, 5.74) is 1.48. The molecule has 1 aromatic heterocycles. The van der Waals surface area contributed by atoms with Crippen molar-refractivity contribution in [3.63, 3.8) is 0 Å². The standard InChI is InChI=1S/C19H22N4O4S2/c24-13-3-1-11(6-13)21-17(26)9-28-19-23-14-4-2-12(7-15(14)29-19)22-18(27)10-5-16(25)20-8-10/h2,4,7,10-11,13,24H,1,3,5-6,8-9H2,(H,20,25)(H,21,26)(H,22,27). The Balaban J connectivity index is 1.32. The minimum absolute atomic E-state index is 0.0546. The number of fused-ring (bicyclic) bond motifs is 1. The van der Waals surface area contributed by atoms with Crippen LogP contribution in [0.3, 0.4) is 0 Å². The monoisotopic (exact) mass is 434 g/mol. The molecule has 2 heterocycles. The number of aliphatic hydroxyl groups excluding tert-OH is 1. The van der Waals surface area contributed by atoms with Gasteiger partial charge in [0, 0.05) is 24.7 Å². The maximum Gasteiger partial charge on any atom is 0.230 e. The number of carbonyl (C=O) groups excluding carboxylic acids is 3. The second kappa shape index (κ2) is 8.68. The Morgan fingerprint density at radius 3 is 2.93 bits per heavy atom.